The van der Waals surface area contributed by atoms with Crippen LogP contribution in [-0.2, 0) is 11.8 Å². The van der Waals surface area contributed by atoms with Gasteiger partial charge in [-0.25, -0.2) is 4.68 Å². The molecule has 100 valence electrons. The summed E-state index contributed by atoms with van der Waals surface area (Å²) in [6, 6.07) is 0. The van der Waals surface area contributed by atoms with E-state index in [-0.39, 0.29) is 11.5 Å². The standard InChI is InChI=1S/C11H17BrN4O2/c1-3-5-14-9(17)4-6-13-8-7-15-16(2)11(18)10(8)12/h7,13H,3-6H2,1-2H3,(H,14,17). The van der Waals surface area contributed by atoms with E-state index in [0.29, 0.717) is 29.7 Å². The molecule has 0 fully saturated rings. The van der Waals surface area contributed by atoms with Gasteiger partial charge in [0.2, 0.25) is 5.91 Å². The molecule has 0 atom stereocenters. The lowest BCUT2D eigenvalue weighted by molar-refractivity contribution is -0.120. The van der Waals surface area contributed by atoms with Gasteiger partial charge in [0.15, 0.2) is 0 Å². The highest BCUT2D eigenvalue weighted by Gasteiger charge is 2.07. The first kappa shape index (κ1) is 14.7. The van der Waals surface area contributed by atoms with E-state index in [1.807, 2.05) is 6.92 Å². The van der Waals surface area contributed by atoms with Crippen molar-refractivity contribution >= 4 is 27.5 Å². The molecule has 0 aliphatic heterocycles. The molecule has 0 radical (unpaired) electrons. The van der Waals surface area contributed by atoms with Crippen molar-refractivity contribution in [3.05, 3.63) is 21.0 Å². The van der Waals surface area contributed by atoms with Gasteiger partial charge >= 0.3 is 0 Å². The van der Waals surface area contributed by atoms with Gasteiger partial charge in [-0.2, -0.15) is 5.10 Å². The largest absolute Gasteiger partial charge is 0.382 e. The predicted octanol–water partition coefficient (Wildman–Crippen LogP) is 0.871. The molecule has 0 saturated carbocycles. The summed E-state index contributed by atoms with van der Waals surface area (Å²) in [6.07, 6.45) is 2.83. The summed E-state index contributed by atoms with van der Waals surface area (Å²) in [7, 11) is 1.58. The summed E-state index contributed by atoms with van der Waals surface area (Å²) in [6.45, 7) is 3.15. The van der Waals surface area contributed by atoms with E-state index in [1.54, 1.807) is 13.2 Å². The second-order valence-corrected chi connectivity index (χ2v) is 4.62. The minimum Gasteiger partial charge on any atom is -0.382 e. The molecule has 6 nitrogen and oxygen atoms in total. The SMILES string of the molecule is CCCNC(=O)CCNc1cnn(C)c(=O)c1Br. The number of halogens is 1. The highest BCUT2D eigenvalue weighted by Crippen LogP contribution is 2.15. The van der Waals surface area contributed by atoms with Gasteiger partial charge in [-0.1, -0.05) is 6.92 Å². The third-order valence-electron chi connectivity index (χ3n) is 2.32. The molecule has 0 bridgehead atoms. The fourth-order valence-electron chi connectivity index (χ4n) is 1.30. The summed E-state index contributed by atoms with van der Waals surface area (Å²) in [4.78, 5) is 22.9. The van der Waals surface area contributed by atoms with E-state index in [9.17, 15) is 9.59 Å². The molecule has 18 heavy (non-hydrogen) atoms. The Kier molecular flexibility index (Phi) is 5.84. The minimum absolute atomic E-state index is 0.00253. The van der Waals surface area contributed by atoms with Crippen molar-refractivity contribution in [1.82, 2.24) is 15.1 Å². The van der Waals surface area contributed by atoms with E-state index in [1.165, 1.54) is 4.68 Å². The van der Waals surface area contributed by atoms with Crippen LogP contribution in [0.3, 0.4) is 0 Å². The third kappa shape index (κ3) is 4.14. The molecule has 2 N–H and O–H groups in total. The summed E-state index contributed by atoms with van der Waals surface area (Å²) in [5.74, 6) is -0.00253. The van der Waals surface area contributed by atoms with Crippen LogP contribution in [0.15, 0.2) is 15.5 Å². The zero-order chi connectivity index (χ0) is 13.5. The van der Waals surface area contributed by atoms with Crippen LogP contribution in [0.25, 0.3) is 0 Å². The number of aryl methyl sites for hydroxylation is 1. The molecule has 0 saturated heterocycles. The van der Waals surface area contributed by atoms with Crippen molar-refractivity contribution in [3.8, 4) is 0 Å². The lowest BCUT2D eigenvalue weighted by Gasteiger charge is -2.08. The maximum Gasteiger partial charge on any atom is 0.282 e. The maximum atomic E-state index is 11.6. The Labute approximate surface area is 114 Å². The van der Waals surface area contributed by atoms with Gasteiger partial charge in [0.25, 0.3) is 5.56 Å². The molecule has 1 aromatic rings. The van der Waals surface area contributed by atoms with E-state index >= 15 is 0 Å². The van der Waals surface area contributed by atoms with E-state index in [0.717, 1.165) is 6.42 Å². The second-order valence-electron chi connectivity index (χ2n) is 3.83. The highest BCUT2D eigenvalue weighted by molar-refractivity contribution is 9.10. The predicted molar refractivity (Wildman–Crippen MR) is 73.6 cm³/mol. The molecule has 0 aliphatic rings. The van der Waals surface area contributed by atoms with Crippen LogP contribution in [-0.4, -0.2) is 28.8 Å². The maximum absolute atomic E-state index is 11.6. The smallest absolute Gasteiger partial charge is 0.282 e. The Morgan fingerprint density at radius 1 is 1.50 bits per heavy atom. The van der Waals surface area contributed by atoms with Gasteiger partial charge < -0.3 is 10.6 Å². The molecule has 1 amide bonds. The van der Waals surface area contributed by atoms with Gasteiger partial charge in [-0.15, -0.1) is 0 Å². The fraction of sp³-hybridized carbons (Fsp3) is 0.545. The second kappa shape index (κ2) is 7.15. The van der Waals surface area contributed by atoms with Crippen molar-refractivity contribution in [1.29, 1.82) is 0 Å². The lowest BCUT2D eigenvalue weighted by Crippen LogP contribution is -2.26. The average Bonchev–Trinajstić information content (AvgIpc) is 2.36. The Hall–Kier alpha value is -1.37. The summed E-state index contributed by atoms with van der Waals surface area (Å²) in [5.41, 5.74) is 0.386. The van der Waals surface area contributed by atoms with Crippen LogP contribution in [0.4, 0.5) is 5.69 Å². The number of aromatic nitrogens is 2. The van der Waals surface area contributed by atoms with Gasteiger partial charge in [0, 0.05) is 26.6 Å². The molecule has 0 aliphatic carbocycles. The molecule has 0 aromatic carbocycles. The van der Waals surface area contributed by atoms with Crippen molar-refractivity contribution in [2.45, 2.75) is 19.8 Å². The Morgan fingerprint density at radius 3 is 2.89 bits per heavy atom. The first-order chi connectivity index (χ1) is 8.56. The van der Waals surface area contributed by atoms with Crippen molar-refractivity contribution in [3.63, 3.8) is 0 Å². The third-order valence-corrected chi connectivity index (χ3v) is 3.08. The van der Waals surface area contributed by atoms with Gasteiger partial charge in [0.1, 0.15) is 4.47 Å². The molecule has 7 heteroatoms. The highest BCUT2D eigenvalue weighted by atomic mass is 79.9. The first-order valence-corrected chi connectivity index (χ1v) is 6.58. The van der Waals surface area contributed by atoms with Crippen LogP contribution >= 0.6 is 15.9 Å². The Bertz CT molecular complexity index is 473. The summed E-state index contributed by atoms with van der Waals surface area (Å²) in [5, 5.41) is 9.68. The van der Waals surface area contributed by atoms with Gasteiger partial charge in [0.05, 0.1) is 11.9 Å². The summed E-state index contributed by atoms with van der Waals surface area (Å²) >= 11 is 3.20. The number of amides is 1. The number of anilines is 1. The van der Waals surface area contributed by atoms with Gasteiger partial charge in [-0.05, 0) is 22.4 Å². The van der Waals surface area contributed by atoms with Crippen LogP contribution < -0.4 is 16.2 Å². The number of nitrogens with zero attached hydrogens (tertiary/aromatic N) is 2. The monoisotopic (exact) mass is 316 g/mol. The Morgan fingerprint density at radius 2 is 2.22 bits per heavy atom. The van der Waals surface area contributed by atoms with Crippen LogP contribution in [0, 0.1) is 0 Å². The molecule has 1 heterocycles. The van der Waals surface area contributed by atoms with Crippen molar-refractivity contribution in [2.75, 3.05) is 18.4 Å². The molecule has 1 aromatic heterocycles. The van der Waals surface area contributed by atoms with Crippen LogP contribution in [0.5, 0.6) is 0 Å². The van der Waals surface area contributed by atoms with E-state index in [4.69, 9.17) is 0 Å². The van der Waals surface area contributed by atoms with Crippen molar-refractivity contribution in [2.24, 2.45) is 7.05 Å². The quantitative estimate of drug-likeness (QED) is 0.816. The fourth-order valence-corrected chi connectivity index (χ4v) is 1.80. The first-order valence-electron chi connectivity index (χ1n) is 5.78. The number of carbonyl (C=O) groups excluding carboxylic acids is 1. The lowest BCUT2D eigenvalue weighted by atomic mass is 10.3. The number of rotatable bonds is 6. The normalized spacial score (nSPS) is 10.2. The number of hydrogen-bond donors (Lipinski definition) is 2. The minimum atomic E-state index is -0.213. The zero-order valence-corrected chi connectivity index (χ0v) is 12.1. The Balaban J connectivity index is 2.47. The molecule has 0 unspecified atom stereocenters. The average molecular weight is 317 g/mol. The van der Waals surface area contributed by atoms with Crippen molar-refractivity contribution < 1.29 is 4.79 Å². The molecular weight excluding hydrogens is 300 g/mol. The topological polar surface area (TPSA) is 76.0 Å². The summed E-state index contributed by atoms with van der Waals surface area (Å²) < 4.78 is 1.66. The van der Waals surface area contributed by atoms with Crippen LogP contribution in [0.2, 0.25) is 0 Å². The number of carbonyl (C=O) groups is 1. The zero-order valence-electron chi connectivity index (χ0n) is 10.5. The molecule has 0 spiro atoms. The number of hydrogen-bond acceptors (Lipinski definition) is 4. The van der Waals surface area contributed by atoms with E-state index in [2.05, 4.69) is 31.7 Å². The molecule has 1 rings (SSSR count). The van der Waals surface area contributed by atoms with Gasteiger partial charge in [-0.3, -0.25) is 9.59 Å². The van der Waals surface area contributed by atoms with E-state index < -0.39 is 0 Å². The number of nitrogens with one attached hydrogen (secondary N) is 2. The molecular formula is C11H17BrN4O2. The van der Waals surface area contributed by atoms with Crippen LogP contribution in [0.1, 0.15) is 19.8 Å².